The first-order valence-corrected chi connectivity index (χ1v) is 5.76. The molecule has 1 amide bonds. The largest absolute Gasteiger partial charge is 0.399 e. The molecule has 0 aliphatic carbocycles. The number of nitrogens with two attached hydrogens (primary N) is 1. The van der Waals surface area contributed by atoms with Crippen molar-refractivity contribution in [3.05, 3.63) is 42.2 Å². The second-order valence-electron chi connectivity index (χ2n) is 4.19. The van der Waals surface area contributed by atoms with E-state index in [2.05, 4.69) is 20.5 Å². The van der Waals surface area contributed by atoms with Gasteiger partial charge in [0.1, 0.15) is 0 Å². The van der Waals surface area contributed by atoms with Crippen molar-refractivity contribution in [1.82, 2.24) is 10.2 Å². The number of nitrogens with zero attached hydrogens (tertiary/aromatic N) is 3. The molecule has 0 atom stereocenters. The minimum Gasteiger partial charge on any atom is -0.399 e. The Morgan fingerprint density at radius 3 is 2.89 bits per heavy atom. The molecule has 1 aliphatic heterocycles. The molecule has 6 heteroatoms. The second-order valence-corrected chi connectivity index (χ2v) is 4.19. The first-order chi connectivity index (χ1) is 9.22. The minimum atomic E-state index is -0.125. The molecule has 0 radical (unpaired) electrons. The van der Waals surface area contributed by atoms with E-state index < -0.39 is 0 Å². The monoisotopic (exact) mass is 253 g/mol. The molecule has 1 aliphatic rings. The highest BCUT2D eigenvalue weighted by Gasteiger charge is 2.17. The van der Waals surface area contributed by atoms with Crippen molar-refractivity contribution in [3.8, 4) is 0 Å². The zero-order valence-corrected chi connectivity index (χ0v) is 10.00. The van der Waals surface area contributed by atoms with Crippen LogP contribution in [-0.2, 0) is 4.79 Å². The Bertz CT molecular complexity index is 666. The van der Waals surface area contributed by atoms with Crippen LogP contribution in [0.15, 0.2) is 41.7 Å². The molecular weight excluding hydrogens is 242 g/mol. The summed E-state index contributed by atoms with van der Waals surface area (Å²) >= 11 is 0. The van der Waals surface area contributed by atoms with Crippen molar-refractivity contribution in [2.45, 2.75) is 6.42 Å². The Hall–Kier alpha value is -2.76. The first-order valence-electron chi connectivity index (χ1n) is 5.76. The molecule has 0 saturated carbocycles. The average Bonchev–Trinajstić information content (AvgIpc) is 2.57. The topological polar surface area (TPSA) is 93.3 Å². The van der Waals surface area contributed by atoms with E-state index in [1.807, 2.05) is 0 Å². The zero-order valence-electron chi connectivity index (χ0n) is 10.00. The Kier molecular flexibility index (Phi) is 2.68. The average molecular weight is 253 g/mol. The molecule has 1 aromatic heterocycles. The van der Waals surface area contributed by atoms with Crippen molar-refractivity contribution in [2.75, 3.05) is 11.1 Å². The van der Waals surface area contributed by atoms with Crippen LogP contribution in [0.5, 0.6) is 0 Å². The highest BCUT2D eigenvalue weighted by atomic mass is 16.1. The minimum absolute atomic E-state index is 0.125. The Balaban J connectivity index is 2.11. The van der Waals surface area contributed by atoms with E-state index in [0.717, 1.165) is 5.56 Å². The number of rotatable bonds is 1. The summed E-state index contributed by atoms with van der Waals surface area (Å²) in [4.78, 5) is 16.4. The number of aliphatic imine (C=N–C) groups is 1. The van der Waals surface area contributed by atoms with Crippen LogP contribution >= 0.6 is 0 Å². The molecule has 2 heterocycles. The third kappa shape index (κ3) is 2.28. The molecule has 0 bridgehead atoms. The molecule has 2 aromatic rings. The van der Waals surface area contributed by atoms with Gasteiger partial charge in [0.15, 0.2) is 0 Å². The fraction of sp³-hybridized carbons (Fsp3) is 0.0769. The maximum Gasteiger partial charge on any atom is 0.230 e. The van der Waals surface area contributed by atoms with Gasteiger partial charge in [0, 0.05) is 11.3 Å². The highest BCUT2D eigenvalue weighted by molar-refractivity contribution is 6.16. The standard InChI is InChI=1S/C13H11N5O/c14-9-1-2-10-12(5-9)18-13(19)6-11(17-10)8-3-4-15-16-7-8/h1-5,7H,6,14H2,(H,18,19). The summed E-state index contributed by atoms with van der Waals surface area (Å²) in [6.07, 6.45) is 3.36. The molecule has 0 unspecified atom stereocenters. The number of aromatic nitrogens is 2. The van der Waals surface area contributed by atoms with Gasteiger partial charge in [-0.25, -0.2) is 0 Å². The van der Waals surface area contributed by atoms with Crippen LogP contribution < -0.4 is 11.1 Å². The van der Waals surface area contributed by atoms with Crippen LogP contribution in [0.1, 0.15) is 12.0 Å². The summed E-state index contributed by atoms with van der Waals surface area (Å²) in [5.41, 5.74) is 9.06. The molecule has 0 spiro atoms. The summed E-state index contributed by atoms with van der Waals surface area (Å²) in [7, 11) is 0. The lowest BCUT2D eigenvalue weighted by Crippen LogP contribution is -2.15. The van der Waals surface area contributed by atoms with Crippen molar-refractivity contribution < 1.29 is 4.79 Å². The van der Waals surface area contributed by atoms with Crippen LogP contribution in [-0.4, -0.2) is 21.8 Å². The number of nitrogen functional groups attached to an aromatic ring is 1. The summed E-state index contributed by atoms with van der Waals surface area (Å²) in [6, 6.07) is 7.01. The number of hydrogen-bond donors (Lipinski definition) is 2. The third-order valence-corrected chi connectivity index (χ3v) is 2.80. The van der Waals surface area contributed by atoms with Crippen molar-refractivity contribution in [2.24, 2.45) is 4.99 Å². The lowest BCUT2D eigenvalue weighted by Gasteiger charge is -2.04. The smallest absolute Gasteiger partial charge is 0.230 e. The molecule has 1 aromatic carbocycles. The van der Waals surface area contributed by atoms with E-state index in [-0.39, 0.29) is 12.3 Å². The summed E-state index contributed by atoms with van der Waals surface area (Å²) < 4.78 is 0. The van der Waals surface area contributed by atoms with Crippen LogP contribution in [0, 0.1) is 0 Å². The Morgan fingerprint density at radius 2 is 2.11 bits per heavy atom. The first kappa shape index (κ1) is 11.3. The maximum atomic E-state index is 11.9. The predicted octanol–water partition coefficient (Wildman–Crippen LogP) is 1.52. The van der Waals surface area contributed by atoms with E-state index >= 15 is 0 Å². The Morgan fingerprint density at radius 1 is 1.21 bits per heavy atom. The third-order valence-electron chi connectivity index (χ3n) is 2.80. The zero-order chi connectivity index (χ0) is 13.2. The van der Waals surface area contributed by atoms with Crippen LogP contribution in [0.4, 0.5) is 17.1 Å². The molecule has 0 fully saturated rings. The number of nitrogens with one attached hydrogen (secondary N) is 1. The van der Waals surface area contributed by atoms with E-state index in [4.69, 9.17) is 5.73 Å². The van der Waals surface area contributed by atoms with Gasteiger partial charge < -0.3 is 11.1 Å². The van der Waals surface area contributed by atoms with Crippen LogP contribution in [0.2, 0.25) is 0 Å². The summed E-state index contributed by atoms with van der Waals surface area (Å²) in [5.74, 6) is -0.125. The normalized spacial score (nSPS) is 14.1. The number of benzene rings is 1. The number of fused-ring (bicyclic) bond motifs is 1. The van der Waals surface area contributed by atoms with Crippen molar-refractivity contribution in [3.63, 3.8) is 0 Å². The van der Waals surface area contributed by atoms with Gasteiger partial charge in [0.25, 0.3) is 0 Å². The van der Waals surface area contributed by atoms with Gasteiger partial charge in [-0.2, -0.15) is 10.2 Å². The maximum absolute atomic E-state index is 11.9. The van der Waals surface area contributed by atoms with Gasteiger partial charge in [-0.3, -0.25) is 9.79 Å². The van der Waals surface area contributed by atoms with Crippen LogP contribution in [0.3, 0.4) is 0 Å². The SMILES string of the molecule is Nc1ccc2c(c1)NC(=O)CC(c1ccnnc1)=N2. The van der Waals surface area contributed by atoms with Gasteiger partial charge in [-0.05, 0) is 24.3 Å². The number of carbonyl (C=O) groups is 1. The van der Waals surface area contributed by atoms with E-state index in [1.165, 1.54) is 0 Å². The fourth-order valence-corrected chi connectivity index (χ4v) is 1.91. The molecule has 19 heavy (non-hydrogen) atoms. The summed E-state index contributed by atoms with van der Waals surface area (Å²) in [5, 5.41) is 10.3. The molecular formula is C13H11N5O. The van der Waals surface area contributed by atoms with Gasteiger partial charge >= 0.3 is 0 Å². The van der Waals surface area contributed by atoms with E-state index in [0.29, 0.717) is 22.8 Å². The van der Waals surface area contributed by atoms with Crippen LogP contribution in [0.25, 0.3) is 0 Å². The number of anilines is 2. The lowest BCUT2D eigenvalue weighted by atomic mass is 10.1. The molecule has 3 N–H and O–H groups in total. The van der Waals surface area contributed by atoms with E-state index in [9.17, 15) is 4.79 Å². The van der Waals surface area contributed by atoms with Gasteiger partial charge in [0.05, 0.1) is 35.9 Å². The fourth-order valence-electron chi connectivity index (χ4n) is 1.91. The number of carbonyl (C=O) groups excluding carboxylic acids is 1. The number of amides is 1. The van der Waals surface area contributed by atoms with Crippen molar-refractivity contribution >= 4 is 28.7 Å². The second kappa shape index (κ2) is 4.49. The lowest BCUT2D eigenvalue weighted by molar-refractivity contribution is -0.115. The quantitative estimate of drug-likeness (QED) is 0.753. The van der Waals surface area contributed by atoms with Gasteiger partial charge in [-0.15, -0.1) is 0 Å². The molecule has 3 rings (SSSR count). The van der Waals surface area contributed by atoms with E-state index in [1.54, 1.807) is 36.7 Å². The number of hydrogen-bond acceptors (Lipinski definition) is 5. The molecule has 94 valence electrons. The predicted molar refractivity (Wildman–Crippen MR) is 72.3 cm³/mol. The van der Waals surface area contributed by atoms with Gasteiger partial charge in [-0.1, -0.05) is 0 Å². The van der Waals surface area contributed by atoms with Crippen molar-refractivity contribution in [1.29, 1.82) is 0 Å². The molecule has 0 saturated heterocycles. The summed E-state index contributed by atoms with van der Waals surface area (Å²) in [6.45, 7) is 0. The Labute approximate surface area is 109 Å². The molecule has 6 nitrogen and oxygen atoms in total. The van der Waals surface area contributed by atoms with Gasteiger partial charge in [0.2, 0.25) is 5.91 Å². The highest BCUT2D eigenvalue weighted by Crippen LogP contribution is 2.30.